The van der Waals surface area contributed by atoms with Gasteiger partial charge in [-0.1, -0.05) is 15.9 Å². The maximum atomic E-state index is 12.3. The first-order valence-corrected chi connectivity index (χ1v) is 8.98. The van der Waals surface area contributed by atoms with E-state index in [9.17, 15) is 4.79 Å². The smallest absolute Gasteiger partial charge is 0.246 e. The van der Waals surface area contributed by atoms with Crippen molar-refractivity contribution < 1.29 is 19.0 Å². The number of benzene rings is 1. The molecule has 1 atom stereocenters. The van der Waals surface area contributed by atoms with Crippen molar-refractivity contribution in [2.24, 2.45) is 0 Å². The van der Waals surface area contributed by atoms with Crippen LogP contribution in [0.2, 0.25) is 0 Å². The van der Waals surface area contributed by atoms with E-state index in [0.29, 0.717) is 39.5 Å². The minimum absolute atomic E-state index is 0.00890. The number of carbonyl (C=O) groups is 1. The Morgan fingerprint density at radius 3 is 3.04 bits per heavy atom. The molecular formula is C18H24BrNO4. The Labute approximate surface area is 151 Å². The summed E-state index contributed by atoms with van der Waals surface area (Å²) >= 11 is 3.45. The molecule has 132 valence electrons. The lowest BCUT2D eigenvalue weighted by Crippen LogP contribution is -2.43. The fraction of sp³-hybridized carbons (Fsp3) is 0.500. The fourth-order valence-electron chi connectivity index (χ4n) is 2.42. The molecule has 1 aliphatic heterocycles. The Balaban J connectivity index is 2.01. The number of morpholine rings is 1. The first-order chi connectivity index (χ1) is 11.6. The summed E-state index contributed by atoms with van der Waals surface area (Å²) < 4.78 is 17.4. The summed E-state index contributed by atoms with van der Waals surface area (Å²) in [6.45, 7) is 7.45. The van der Waals surface area contributed by atoms with Crippen LogP contribution in [0.4, 0.5) is 0 Å². The highest BCUT2D eigenvalue weighted by Gasteiger charge is 2.19. The van der Waals surface area contributed by atoms with E-state index in [1.54, 1.807) is 17.1 Å². The van der Waals surface area contributed by atoms with Gasteiger partial charge in [0.15, 0.2) is 0 Å². The van der Waals surface area contributed by atoms with Gasteiger partial charge in [0.05, 0.1) is 19.3 Å². The van der Waals surface area contributed by atoms with Crippen LogP contribution in [0.1, 0.15) is 19.4 Å². The van der Waals surface area contributed by atoms with Crippen molar-refractivity contribution >= 4 is 27.9 Å². The third-order valence-electron chi connectivity index (χ3n) is 3.62. The molecule has 0 aromatic heterocycles. The zero-order chi connectivity index (χ0) is 17.4. The van der Waals surface area contributed by atoms with E-state index in [1.807, 2.05) is 32.0 Å². The van der Waals surface area contributed by atoms with Crippen molar-refractivity contribution in [3.05, 3.63) is 34.3 Å². The molecule has 1 unspecified atom stereocenters. The van der Waals surface area contributed by atoms with Crippen molar-refractivity contribution in [2.75, 3.05) is 39.5 Å². The second-order valence-corrected chi connectivity index (χ2v) is 6.44. The number of carbonyl (C=O) groups excluding carboxylic acids is 1. The first-order valence-electron chi connectivity index (χ1n) is 8.19. The van der Waals surface area contributed by atoms with Gasteiger partial charge in [0, 0.05) is 35.8 Å². The summed E-state index contributed by atoms with van der Waals surface area (Å²) in [5.41, 5.74) is 0.857. The molecule has 0 saturated carbocycles. The van der Waals surface area contributed by atoms with Gasteiger partial charge in [0.2, 0.25) is 5.91 Å². The Bertz CT molecular complexity index is 576. The van der Waals surface area contributed by atoms with E-state index in [4.69, 9.17) is 14.2 Å². The zero-order valence-corrected chi connectivity index (χ0v) is 15.8. The molecule has 0 aliphatic carbocycles. The number of halogens is 1. The van der Waals surface area contributed by atoms with E-state index in [1.165, 1.54) is 0 Å². The molecule has 1 fully saturated rings. The maximum Gasteiger partial charge on any atom is 0.246 e. The number of rotatable bonds is 7. The van der Waals surface area contributed by atoms with Crippen molar-refractivity contribution in [2.45, 2.75) is 20.0 Å². The first kappa shape index (κ1) is 19.0. The summed E-state index contributed by atoms with van der Waals surface area (Å²) in [5.74, 6) is 0.725. The Kier molecular flexibility index (Phi) is 7.75. The molecule has 1 aliphatic rings. The third kappa shape index (κ3) is 5.92. The average molecular weight is 398 g/mol. The lowest BCUT2D eigenvalue weighted by atomic mass is 10.2. The highest BCUT2D eigenvalue weighted by molar-refractivity contribution is 9.10. The Morgan fingerprint density at radius 2 is 2.29 bits per heavy atom. The third-order valence-corrected chi connectivity index (χ3v) is 4.11. The number of ether oxygens (including phenoxy) is 3. The van der Waals surface area contributed by atoms with Crippen LogP contribution in [-0.4, -0.2) is 56.4 Å². The molecule has 0 spiro atoms. The predicted molar refractivity (Wildman–Crippen MR) is 97.2 cm³/mol. The van der Waals surface area contributed by atoms with Crippen molar-refractivity contribution in [3.63, 3.8) is 0 Å². The number of hydrogen-bond acceptors (Lipinski definition) is 4. The van der Waals surface area contributed by atoms with Gasteiger partial charge in [-0.3, -0.25) is 4.79 Å². The van der Waals surface area contributed by atoms with Crippen LogP contribution in [0.15, 0.2) is 28.7 Å². The zero-order valence-electron chi connectivity index (χ0n) is 14.2. The van der Waals surface area contributed by atoms with E-state index in [2.05, 4.69) is 15.9 Å². The standard InChI is InChI=1S/C18H24BrNO4/c1-3-22-10-11-24-17-6-5-16(19)12-15(17)4-7-18(21)20-8-9-23-14(2)13-20/h4-7,12,14H,3,8-11,13H2,1-2H3/b7-4+. The van der Waals surface area contributed by atoms with Gasteiger partial charge in [-0.2, -0.15) is 0 Å². The minimum Gasteiger partial charge on any atom is -0.491 e. The van der Waals surface area contributed by atoms with Gasteiger partial charge in [-0.25, -0.2) is 0 Å². The van der Waals surface area contributed by atoms with Crippen molar-refractivity contribution in [3.8, 4) is 5.75 Å². The van der Waals surface area contributed by atoms with Crippen LogP contribution in [-0.2, 0) is 14.3 Å². The second kappa shape index (κ2) is 9.81. The SMILES string of the molecule is CCOCCOc1ccc(Br)cc1/C=C/C(=O)N1CCOC(C)C1. The number of nitrogens with zero attached hydrogens (tertiary/aromatic N) is 1. The van der Waals surface area contributed by atoms with Gasteiger partial charge in [-0.05, 0) is 38.1 Å². The maximum absolute atomic E-state index is 12.3. The lowest BCUT2D eigenvalue weighted by molar-refractivity contribution is -0.132. The molecule has 1 heterocycles. The largest absolute Gasteiger partial charge is 0.491 e. The van der Waals surface area contributed by atoms with Crippen LogP contribution < -0.4 is 4.74 Å². The fourth-order valence-corrected chi connectivity index (χ4v) is 2.80. The minimum atomic E-state index is -0.00890. The predicted octanol–water partition coefficient (Wildman–Crippen LogP) is 3.12. The quantitative estimate of drug-likeness (QED) is 0.523. The topological polar surface area (TPSA) is 48.0 Å². The molecule has 0 radical (unpaired) electrons. The molecule has 24 heavy (non-hydrogen) atoms. The number of hydrogen-bond donors (Lipinski definition) is 0. The molecule has 0 bridgehead atoms. The lowest BCUT2D eigenvalue weighted by Gasteiger charge is -2.30. The van der Waals surface area contributed by atoms with E-state index in [0.717, 1.165) is 15.8 Å². The molecule has 0 N–H and O–H groups in total. The molecule has 1 aromatic carbocycles. The van der Waals surface area contributed by atoms with E-state index < -0.39 is 0 Å². The molecule has 1 amide bonds. The van der Waals surface area contributed by atoms with Crippen molar-refractivity contribution in [1.29, 1.82) is 0 Å². The summed E-state index contributed by atoms with van der Waals surface area (Å²) in [6, 6.07) is 5.73. The number of amides is 1. The van der Waals surface area contributed by atoms with Gasteiger partial charge in [0.1, 0.15) is 12.4 Å². The van der Waals surface area contributed by atoms with Crippen molar-refractivity contribution in [1.82, 2.24) is 4.90 Å². The van der Waals surface area contributed by atoms with Crippen LogP contribution >= 0.6 is 15.9 Å². The average Bonchev–Trinajstić information content (AvgIpc) is 2.58. The van der Waals surface area contributed by atoms with E-state index in [-0.39, 0.29) is 12.0 Å². The molecule has 1 saturated heterocycles. The monoisotopic (exact) mass is 397 g/mol. The van der Waals surface area contributed by atoms with Crippen LogP contribution in [0.3, 0.4) is 0 Å². The van der Waals surface area contributed by atoms with Crippen LogP contribution in [0.5, 0.6) is 5.75 Å². The Morgan fingerprint density at radius 1 is 1.46 bits per heavy atom. The van der Waals surface area contributed by atoms with E-state index >= 15 is 0 Å². The Hall–Kier alpha value is -1.37. The summed E-state index contributed by atoms with van der Waals surface area (Å²) in [6.07, 6.45) is 3.47. The molecule has 6 heteroatoms. The van der Waals surface area contributed by atoms with Gasteiger partial charge in [0.25, 0.3) is 0 Å². The normalized spacial score (nSPS) is 18.1. The highest BCUT2D eigenvalue weighted by atomic mass is 79.9. The summed E-state index contributed by atoms with van der Waals surface area (Å²) in [4.78, 5) is 14.1. The van der Waals surface area contributed by atoms with Gasteiger partial charge in [-0.15, -0.1) is 0 Å². The molecular weight excluding hydrogens is 374 g/mol. The van der Waals surface area contributed by atoms with Crippen LogP contribution in [0, 0.1) is 0 Å². The molecule has 2 rings (SSSR count). The second-order valence-electron chi connectivity index (χ2n) is 5.53. The van der Waals surface area contributed by atoms with Gasteiger partial charge >= 0.3 is 0 Å². The highest BCUT2D eigenvalue weighted by Crippen LogP contribution is 2.24. The molecule has 5 nitrogen and oxygen atoms in total. The van der Waals surface area contributed by atoms with Crippen LogP contribution in [0.25, 0.3) is 6.08 Å². The summed E-state index contributed by atoms with van der Waals surface area (Å²) in [5, 5.41) is 0. The molecule has 1 aromatic rings. The summed E-state index contributed by atoms with van der Waals surface area (Å²) in [7, 11) is 0. The van der Waals surface area contributed by atoms with Gasteiger partial charge < -0.3 is 19.1 Å².